The summed E-state index contributed by atoms with van der Waals surface area (Å²) in [6.45, 7) is 6.82. The molecular formula is C34H45N3O11. The van der Waals surface area contributed by atoms with Gasteiger partial charge in [0, 0.05) is 24.8 Å². The maximum Gasteiger partial charge on any atom is 0.328 e. The van der Waals surface area contributed by atoms with Crippen LogP contribution < -0.4 is 16.0 Å². The van der Waals surface area contributed by atoms with Gasteiger partial charge in [0.15, 0.2) is 0 Å². The normalized spacial score (nSPS) is 12.5. The summed E-state index contributed by atoms with van der Waals surface area (Å²) in [6.07, 6.45) is -1.11. The first kappa shape index (κ1) is 39.2. The second-order valence-electron chi connectivity index (χ2n) is 10.5. The highest BCUT2D eigenvalue weighted by Crippen LogP contribution is 2.16. The Labute approximate surface area is 279 Å². The van der Waals surface area contributed by atoms with Crippen LogP contribution in [0.2, 0.25) is 0 Å². The quantitative estimate of drug-likeness (QED) is 0.138. The van der Waals surface area contributed by atoms with E-state index in [0.717, 1.165) is 10.8 Å². The Morgan fingerprint density at radius 1 is 0.562 bits per heavy atom. The minimum Gasteiger partial charge on any atom is -0.466 e. The van der Waals surface area contributed by atoms with Gasteiger partial charge in [-0.3, -0.25) is 24.0 Å². The Kier molecular flexibility index (Phi) is 17.1. The van der Waals surface area contributed by atoms with Crippen molar-refractivity contribution >= 4 is 52.4 Å². The molecule has 14 nitrogen and oxygen atoms in total. The predicted molar refractivity (Wildman–Crippen MR) is 173 cm³/mol. The summed E-state index contributed by atoms with van der Waals surface area (Å²) < 4.78 is 19.9. The average molecular weight is 672 g/mol. The van der Waals surface area contributed by atoms with Gasteiger partial charge < -0.3 is 34.9 Å². The van der Waals surface area contributed by atoms with E-state index in [0.29, 0.717) is 0 Å². The predicted octanol–water partition coefficient (Wildman–Crippen LogP) is 2.50. The van der Waals surface area contributed by atoms with E-state index in [4.69, 9.17) is 18.9 Å². The average Bonchev–Trinajstić information content (AvgIpc) is 3.06. The summed E-state index contributed by atoms with van der Waals surface area (Å²) in [6, 6.07) is 8.67. The van der Waals surface area contributed by atoms with Gasteiger partial charge in [0.2, 0.25) is 11.8 Å². The van der Waals surface area contributed by atoms with Crippen molar-refractivity contribution in [2.45, 2.75) is 84.3 Å². The topological polar surface area (TPSA) is 192 Å². The molecule has 0 aliphatic heterocycles. The number of fused-ring (bicyclic) bond motifs is 1. The standard InChI is InChI=1S/C34H45N3O11/c1-5-45-29(39)19-16-26(33(43)47-7-3)35-28(38)18-15-25(36-31(41)24-14-13-22-11-9-10-12-23(22)21-24)32(42)37-27(34(44)48-8-4)17-20-30(40)46-6-2/h9-14,21,25-27H,5-8,15-20H2,1-4H3,(H,35,38)(H,36,41)(H,37,42). The van der Waals surface area contributed by atoms with Crippen molar-refractivity contribution in [3.8, 4) is 0 Å². The van der Waals surface area contributed by atoms with E-state index >= 15 is 0 Å². The summed E-state index contributed by atoms with van der Waals surface area (Å²) >= 11 is 0. The van der Waals surface area contributed by atoms with E-state index in [9.17, 15) is 33.6 Å². The van der Waals surface area contributed by atoms with Crippen molar-refractivity contribution in [1.82, 2.24) is 16.0 Å². The van der Waals surface area contributed by atoms with Gasteiger partial charge in [0.1, 0.15) is 18.1 Å². The maximum absolute atomic E-state index is 13.6. The van der Waals surface area contributed by atoms with Gasteiger partial charge in [0.25, 0.3) is 5.91 Å². The molecule has 3 unspecified atom stereocenters. The lowest BCUT2D eigenvalue weighted by Crippen LogP contribution is -2.52. The summed E-state index contributed by atoms with van der Waals surface area (Å²) in [5, 5.41) is 9.39. The third-order valence-corrected chi connectivity index (χ3v) is 6.97. The first-order chi connectivity index (χ1) is 23.0. The van der Waals surface area contributed by atoms with Crippen molar-refractivity contribution in [2.24, 2.45) is 0 Å². The molecule has 48 heavy (non-hydrogen) atoms. The molecule has 3 atom stereocenters. The van der Waals surface area contributed by atoms with Gasteiger partial charge >= 0.3 is 23.9 Å². The van der Waals surface area contributed by atoms with E-state index in [1.54, 1.807) is 45.9 Å². The molecule has 14 heteroatoms. The lowest BCUT2D eigenvalue weighted by atomic mass is 10.0. The summed E-state index contributed by atoms with van der Waals surface area (Å²) in [5.41, 5.74) is 0.251. The zero-order valence-electron chi connectivity index (χ0n) is 27.8. The van der Waals surface area contributed by atoms with Crippen LogP contribution in [0, 0.1) is 0 Å². The molecule has 0 aliphatic rings. The molecule has 0 saturated carbocycles. The van der Waals surface area contributed by atoms with E-state index in [1.807, 2.05) is 24.3 Å². The molecule has 0 bridgehead atoms. The highest BCUT2D eigenvalue weighted by atomic mass is 16.5. The van der Waals surface area contributed by atoms with E-state index in [-0.39, 0.29) is 70.5 Å². The number of ether oxygens (including phenoxy) is 4. The zero-order chi connectivity index (χ0) is 35.5. The Morgan fingerprint density at radius 3 is 1.60 bits per heavy atom. The number of hydrogen-bond donors (Lipinski definition) is 3. The minimum absolute atomic E-state index is 0.0186. The Morgan fingerprint density at radius 2 is 1.06 bits per heavy atom. The Balaban J connectivity index is 2.26. The molecule has 0 fully saturated rings. The first-order valence-electron chi connectivity index (χ1n) is 16.1. The largest absolute Gasteiger partial charge is 0.466 e. The number of carbonyl (C=O) groups is 7. The highest BCUT2D eigenvalue weighted by Gasteiger charge is 2.30. The maximum atomic E-state index is 13.6. The van der Waals surface area contributed by atoms with Crippen molar-refractivity contribution in [2.75, 3.05) is 26.4 Å². The smallest absolute Gasteiger partial charge is 0.328 e. The molecule has 0 radical (unpaired) electrons. The van der Waals surface area contributed by atoms with Crippen LogP contribution in [0.4, 0.5) is 0 Å². The monoisotopic (exact) mass is 671 g/mol. The minimum atomic E-state index is -1.32. The molecule has 3 amide bonds. The lowest BCUT2D eigenvalue weighted by molar-refractivity contribution is -0.149. The van der Waals surface area contributed by atoms with Crippen molar-refractivity contribution in [3.05, 3.63) is 48.0 Å². The van der Waals surface area contributed by atoms with Gasteiger partial charge in [-0.25, -0.2) is 9.59 Å². The molecular weight excluding hydrogens is 626 g/mol. The summed E-state index contributed by atoms with van der Waals surface area (Å²) in [4.78, 5) is 88.9. The van der Waals surface area contributed by atoms with E-state index < -0.39 is 59.7 Å². The number of nitrogens with one attached hydrogen (secondary N) is 3. The van der Waals surface area contributed by atoms with E-state index in [1.165, 1.54) is 0 Å². The molecule has 0 aromatic heterocycles. The number of carbonyl (C=O) groups excluding carboxylic acids is 7. The van der Waals surface area contributed by atoms with Crippen LogP contribution in [0.25, 0.3) is 10.8 Å². The highest BCUT2D eigenvalue weighted by molar-refractivity contribution is 6.01. The first-order valence-corrected chi connectivity index (χ1v) is 16.1. The van der Waals surface area contributed by atoms with Crippen LogP contribution in [0.15, 0.2) is 42.5 Å². The van der Waals surface area contributed by atoms with Gasteiger partial charge in [-0.05, 0) is 69.9 Å². The van der Waals surface area contributed by atoms with Crippen molar-refractivity contribution in [3.63, 3.8) is 0 Å². The molecule has 0 heterocycles. The fourth-order valence-electron chi connectivity index (χ4n) is 4.63. The van der Waals surface area contributed by atoms with Crippen molar-refractivity contribution < 1.29 is 52.5 Å². The lowest BCUT2D eigenvalue weighted by Gasteiger charge is -2.23. The molecule has 2 aromatic carbocycles. The Hall–Kier alpha value is -5.01. The van der Waals surface area contributed by atoms with Crippen LogP contribution in [-0.4, -0.2) is 86.2 Å². The van der Waals surface area contributed by atoms with Crippen LogP contribution in [0.3, 0.4) is 0 Å². The van der Waals surface area contributed by atoms with Gasteiger partial charge in [-0.15, -0.1) is 0 Å². The number of amides is 3. The third kappa shape index (κ3) is 13.4. The van der Waals surface area contributed by atoms with Gasteiger partial charge in [-0.2, -0.15) is 0 Å². The molecule has 262 valence electrons. The fraction of sp³-hybridized carbons (Fsp3) is 0.500. The number of benzene rings is 2. The molecule has 0 saturated heterocycles. The van der Waals surface area contributed by atoms with Crippen LogP contribution in [0.1, 0.15) is 76.6 Å². The molecule has 2 aromatic rings. The fourth-order valence-corrected chi connectivity index (χ4v) is 4.63. The second-order valence-corrected chi connectivity index (χ2v) is 10.5. The van der Waals surface area contributed by atoms with Crippen LogP contribution in [0.5, 0.6) is 0 Å². The molecule has 2 rings (SSSR count). The van der Waals surface area contributed by atoms with E-state index in [2.05, 4.69) is 16.0 Å². The van der Waals surface area contributed by atoms with Gasteiger partial charge in [-0.1, -0.05) is 30.3 Å². The van der Waals surface area contributed by atoms with Crippen LogP contribution >= 0.6 is 0 Å². The molecule has 0 aliphatic carbocycles. The number of hydrogen-bond acceptors (Lipinski definition) is 11. The Bertz CT molecular complexity index is 1430. The zero-order valence-corrected chi connectivity index (χ0v) is 27.8. The third-order valence-electron chi connectivity index (χ3n) is 6.97. The summed E-state index contributed by atoms with van der Waals surface area (Å²) in [5.74, 6) is -4.72. The summed E-state index contributed by atoms with van der Waals surface area (Å²) in [7, 11) is 0. The number of rotatable bonds is 20. The number of esters is 4. The second kappa shape index (κ2) is 21.0. The molecule has 3 N–H and O–H groups in total. The molecule has 0 spiro atoms. The SMILES string of the molecule is CCOC(=O)CCC(NC(=O)CCC(NC(=O)c1ccc2ccccc2c1)C(=O)NC(CCC(=O)OCC)C(=O)OCC)C(=O)OCC. The van der Waals surface area contributed by atoms with Crippen LogP contribution in [-0.2, 0) is 47.7 Å². The van der Waals surface area contributed by atoms with Gasteiger partial charge in [0.05, 0.1) is 26.4 Å². The van der Waals surface area contributed by atoms with Crippen molar-refractivity contribution in [1.29, 1.82) is 0 Å².